The van der Waals surface area contributed by atoms with E-state index < -0.39 is 5.97 Å². The van der Waals surface area contributed by atoms with Gasteiger partial charge in [-0.2, -0.15) is 0 Å². The van der Waals surface area contributed by atoms with Crippen molar-refractivity contribution in [1.29, 1.82) is 0 Å². The number of rotatable bonds is 5. The summed E-state index contributed by atoms with van der Waals surface area (Å²) in [5.74, 6) is -0.802. The molecule has 7 heteroatoms. The van der Waals surface area contributed by atoms with Crippen molar-refractivity contribution < 1.29 is 14.7 Å². The Hall–Kier alpha value is -1.37. The summed E-state index contributed by atoms with van der Waals surface area (Å²) in [6.07, 6.45) is 3.48. The van der Waals surface area contributed by atoms with Crippen molar-refractivity contribution in [3.63, 3.8) is 0 Å². The second-order valence-corrected chi connectivity index (χ2v) is 6.53. The van der Waals surface area contributed by atoms with Crippen LogP contribution in [-0.2, 0) is 9.59 Å². The van der Waals surface area contributed by atoms with E-state index in [-0.39, 0.29) is 12.3 Å². The van der Waals surface area contributed by atoms with Gasteiger partial charge in [0.15, 0.2) is 0 Å². The van der Waals surface area contributed by atoms with Crippen LogP contribution in [0.15, 0.2) is 18.2 Å². The number of piperazine rings is 1. The first kappa shape index (κ1) is 16.0. The fraction of sp³-hybridized carbons (Fsp3) is 0.429. The Morgan fingerprint density at radius 2 is 2.00 bits per heavy atom. The quantitative estimate of drug-likeness (QED) is 0.840. The second-order valence-electron chi connectivity index (χ2n) is 4.79. The predicted molar refractivity (Wildman–Crippen MR) is 83.6 cm³/mol. The van der Waals surface area contributed by atoms with Crippen molar-refractivity contribution in [3.05, 3.63) is 27.4 Å². The van der Waals surface area contributed by atoms with E-state index in [0.29, 0.717) is 24.0 Å². The van der Waals surface area contributed by atoms with Crippen LogP contribution in [-0.4, -0.2) is 59.5 Å². The molecule has 0 spiro atoms. The molecule has 21 heavy (non-hydrogen) atoms. The molecule has 1 aliphatic heterocycles. The Balaban J connectivity index is 1.77. The van der Waals surface area contributed by atoms with Gasteiger partial charge >= 0.3 is 5.97 Å². The average Bonchev–Trinajstić information content (AvgIpc) is 2.89. The van der Waals surface area contributed by atoms with Crippen molar-refractivity contribution >= 4 is 40.9 Å². The minimum absolute atomic E-state index is 0.0163. The zero-order valence-electron chi connectivity index (χ0n) is 11.5. The van der Waals surface area contributed by atoms with Gasteiger partial charge in [0.2, 0.25) is 5.91 Å². The number of hydrogen-bond acceptors (Lipinski definition) is 4. The number of hydrogen-bond donors (Lipinski definition) is 1. The Morgan fingerprint density at radius 1 is 1.29 bits per heavy atom. The molecule has 0 unspecified atom stereocenters. The summed E-state index contributed by atoms with van der Waals surface area (Å²) in [6.45, 7) is 3.25. The first-order valence-electron chi connectivity index (χ1n) is 6.71. The number of nitrogens with zero attached hydrogens (tertiary/aromatic N) is 2. The van der Waals surface area contributed by atoms with Crippen LogP contribution < -0.4 is 0 Å². The molecule has 1 aliphatic rings. The Morgan fingerprint density at radius 3 is 2.57 bits per heavy atom. The normalized spacial score (nSPS) is 16.5. The Labute approximate surface area is 132 Å². The molecule has 0 atom stereocenters. The van der Waals surface area contributed by atoms with Gasteiger partial charge in [-0.1, -0.05) is 11.6 Å². The van der Waals surface area contributed by atoms with Crippen LogP contribution in [0.3, 0.4) is 0 Å². The van der Waals surface area contributed by atoms with E-state index in [2.05, 4.69) is 4.90 Å². The van der Waals surface area contributed by atoms with Crippen LogP contribution in [0, 0.1) is 0 Å². The maximum absolute atomic E-state index is 12.0. The number of aliphatic carboxylic acids is 1. The van der Waals surface area contributed by atoms with E-state index in [1.165, 1.54) is 11.3 Å². The molecule has 1 N–H and O–H groups in total. The number of carboxylic acid groups (broad SMARTS) is 1. The zero-order valence-corrected chi connectivity index (χ0v) is 13.1. The van der Waals surface area contributed by atoms with Crippen LogP contribution in [0.5, 0.6) is 0 Å². The lowest BCUT2D eigenvalue weighted by atomic mass is 10.2. The Bertz CT molecular complexity index is 536. The maximum Gasteiger partial charge on any atom is 0.304 e. The second kappa shape index (κ2) is 7.59. The minimum atomic E-state index is -0.786. The number of carbonyl (C=O) groups is 2. The summed E-state index contributed by atoms with van der Waals surface area (Å²) >= 11 is 7.26. The van der Waals surface area contributed by atoms with E-state index in [4.69, 9.17) is 16.7 Å². The zero-order chi connectivity index (χ0) is 15.2. The predicted octanol–water partition coefficient (Wildman–Crippen LogP) is 2.03. The number of carbonyl (C=O) groups excluding carboxylic acids is 1. The van der Waals surface area contributed by atoms with Gasteiger partial charge in [-0.05, 0) is 18.2 Å². The molecule has 1 amide bonds. The molecule has 1 fully saturated rings. The highest BCUT2D eigenvalue weighted by atomic mass is 35.5. The molecule has 1 aromatic heterocycles. The molecule has 0 bridgehead atoms. The lowest BCUT2D eigenvalue weighted by molar-refractivity contribution is -0.138. The summed E-state index contributed by atoms with van der Waals surface area (Å²) < 4.78 is 0.703. The molecule has 0 aliphatic carbocycles. The van der Waals surface area contributed by atoms with Gasteiger partial charge in [0, 0.05) is 43.7 Å². The molecule has 0 saturated carbocycles. The summed E-state index contributed by atoms with van der Waals surface area (Å²) in [7, 11) is 0. The Kier molecular flexibility index (Phi) is 5.78. The monoisotopic (exact) mass is 328 g/mol. The van der Waals surface area contributed by atoms with Crippen molar-refractivity contribution in [3.8, 4) is 0 Å². The first-order valence-corrected chi connectivity index (χ1v) is 7.90. The molecule has 2 rings (SSSR count). The molecule has 1 saturated heterocycles. The third-order valence-electron chi connectivity index (χ3n) is 3.31. The SMILES string of the molecule is O=C(O)CCN1CCN(C(=O)/C=C/c2ccc(Cl)s2)CC1. The van der Waals surface area contributed by atoms with Crippen molar-refractivity contribution in [2.75, 3.05) is 32.7 Å². The molecule has 114 valence electrons. The summed E-state index contributed by atoms with van der Waals surface area (Å²) in [4.78, 5) is 27.4. The number of amides is 1. The molecule has 5 nitrogen and oxygen atoms in total. The van der Waals surface area contributed by atoms with E-state index in [0.717, 1.165) is 18.0 Å². The highest BCUT2D eigenvalue weighted by Gasteiger charge is 2.19. The lowest BCUT2D eigenvalue weighted by Gasteiger charge is -2.33. The molecule has 0 aromatic carbocycles. The summed E-state index contributed by atoms with van der Waals surface area (Å²) in [5, 5.41) is 8.66. The van der Waals surface area contributed by atoms with Crippen molar-refractivity contribution in [2.24, 2.45) is 0 Å². The average molecular weight is 329 g/mol. The molecule has 1 aromatic rings. The van der Waals surface area contributed by atoms with Crippen LogP contribution in [0.2, 0.25) is 4.34 Å². The molecule has 0 radical (unpaired) electrons. The third kappa shape index (κ3) is 5.15. The fourth-order valence-electron chi connectivity index (χ4n) is 2.12. The molecular weight excluding hydrogens is 312 g/mol. The largest absolute Gasteiger partial charge is 0.481 e. The highest BCUT2D eigenvalue weighted by Crippen LogP contribution is 2.22. The van der Waals surface area contributed by atoms with Gasteiger partial charge in [0.1, 0.15) is 0 Å². The summed E-state index contributed by atoms with van der Waals surface area (Å²) in [6, 6.07) is 3.68. The minimum Gasteiger partial charge on any atom is -0.481 e. The fourth-order valence-corrected chi connectivity index (χ4v) is 3.09. The van der Waals surface area contributed by atoms with Crippen LogP contribution in [0.25, 0.3) is 6.08 Å². The van der Waals surface area contributed by atoms with E-state index in [1.807, 2.05) is 6.07 Å². The van der Waals surface area contributed by atoms with Crippen LogP contribution >= 0.6 is 22.9 Å². The van der Waals surface area contributed by atoms with Crippen LogP contribution in [0.4, 0.5) is 0 Å². The third-order valence-corrected chi connectivity index (χ3v) is 4.51. The highest BCUT2D eigenvalue weighted by molar-refractivity contribution is 7.17. The van der Waals surface area contributed by atoms with Gasteiger partial charge in [0.25, 0.3) is 0 Å². The lowest BCUT2D eigenvalue weighted by Crippen LogP contribution is -2.48. The number of thiophene rings is 1. The van der Waals surface area contributed by atoms with Gasteiger partial charge in [-0.15, -0.1) is 11.3 Å². The van der Waals surface area contributed by atoms with Gasteiger partial charge in [-0.25, -0.2) is 0 Å². The molecule has 2 heterocycles. The van der Waals surface area contributed by atoms with E-state index in [9.17, 15) is 9.59 Å². The topological polar surface area (TPSA) is 60.9 Å². The smallest absolute Gasteiger partial charge is 0.304 e. The van der Waals surface area contributed by atoms with Crippen LogP contribution in [0.1, 0.15) is 11.3 Å². The van der Waals surface area contributed by atoms with E-state index in [1.54, 1.807) is 23.1 Å². The van der Waals surface area contributed by atoms with Gasteiger partial charge in [-0.3, -0.25) is 14.5 Å². The number of halogens is 1. The van der Waals surface area contributed by atoms with Gasteiger partial charge in [0.05, 0.1) is 10.8 Å². The maximum atomic E-state index is 12.0. The first-order chi connectivity index (χ1) is 10.0. The van der Waals surface area contributed by atoms with Crippen molar-refractivity contribution in [1.82, 2.24) is 9.80 Å². The van der Waals surface area contributed by atoms with Gasteiger partial charge < -0.3 is 10.0 Å². The molecular formula is C14H17ClN2O3S. The standard InChI is InChI=1S/C14H17ClN2O3S/c15-12-3-1-11(21-12)2-4-13(18)17-9-7-16(8-10-17)6-5-14(19)20/h1-4H,5-10H2,(H,19,20)/b4-2+. The summed E-state index contributed by atoms with van der Waals surface area (Å²) in [5.41, 5.74) is 0. The number of carboxylic acids is 1. The van der Waals surface area contributed by atoms with Crippen molar-refractivity contribution in [2.45, 2.75) is 6.42 Å². The van der Waals surface area contributed by atoms with E-state index >= 15 is 0 Å².